The Morgan fingerprint density at radius 3 is 2.62 bits per heavy atom. The van der Waals surface area contributed by atoms with Crippen LogP contribution in [0.4, 0.5) is 0 Å². The van der Waals surface area contributed by atoms with E-state index in [0.29, 0.717) is 17.9 Å². The quantitative estimate of drug-likeness (QED) is 0.725. The minimum atomic E-state index is -0.758. The molecule has 2 aromatic rings. The summed E-state index contributed by atoms with van der Waals surface area (Å²) in [4.78, 5) is 38.7. The van der Waals surface area contributed by atoms with Gasteiger partial charge in [0.25, 0.3) is 5.91 Å². The summed E-state index contributed by atoms with van der Waals surface area (Å²) in [5.41, 5.74) is 2.18. The number of amides is 1. The van der Waals surface area contributed by atoms with E-state index in [4.69, 9.17) is 18.9 Å². The Labute approximate surface area is 166 Å². The molecule has 8 nitrogen and oxygen atoms in total. The number of methoxy groups -OCH3 is 1. The lowest BCUT2D eigenvalue weighted by molar-refractivity contribution is -0.155. The zero-order chi connectivity index (χ0) is 20.4. The van der Waals surface area contributed by atoms with Crippen LogP contribution in [0.2, 0.25) is 0 Å². The van der Waals surface area contributed by atoms with Gasteiger partial charge in [-0.3, -0.25) is 4.79 Å². The van der Waals surface area contributed by atoms with Gasteiger partial charge in [0, 0.05) is 13.0 Å². The van der Waals surface area contributed by atoms with Crippen molar-refractivity contribution in [2.24, 2.45) is 0 Å². The molecule has 150 valence electrons. The maximum absolute atomic E-state index is 12.8. The Balaban J connectivity index is 1.45. The number of carbonyl (C=O) groups excluding carboxylic acids is 3. The standard InChI is InChI=1S/C21H19NO7/c1-26-21(25)16-8-13-4-2-3-5-15(13)10-22(16)19(23)11-27-20(24)14-6-7-17-18(9-14)29-12-28-17/h2-7,9,16H,8,10-12H2,1H3/t16-/m0/s1. The minimum Gasteiger partial charge on any atom is -0.467 e. The Bertz CT molecular complexity index is 971. The van der Waals surface area contributed by atoms with Crippen LogP contribution in [0, 0.1) is 0 Å². The van der Waals surface area contributed by atoms with Crippen LogP contribution in [0.3, 0.4) is 0 Å². The van der Waals surface area contributed by atoms with Crippen molar-refractivity contribution in [1.82, 2.24) is 4.90 Å². The van der Waals surface area contributed by atoms with Crippen molar-refractivity contribution in [3.8, 4) is 11.5 Å². The van der Waals surface area contributed by atoms with Crippen LogP contribution in [0.25, 0.3) is 0 Å². The maximum Gasteiger partial charge on any atom is 0.338 e. The van der Waals surface area contributed by atoms with E-state index in [2.05, 4.69) is 0 Å². The Morgan fingerprint density at radius 1 is 1.07 bits per heavy atom. The van der Waals surface area contributed by atoms with Crippen molar-refractivity contribution in [2.75, 3.05) is 20.5 Å². The van der Waals surface area contributed by atoms with Crippen molar-refractivity contribution in [2.45, 2.75) is 19.0 Å². The van der Waals surface area contributed by atoms with Crippen molar-refractivity contribution in [3.05, 3.63) is 59.2 Å². The smallest absolute Gasteiger partial charge is 0.338 e. The van der Waals surface area contributed by atoms with E-state index in [0.717, 1.165) is 11.1 Å². The second kappa shape index (κ2) is 7.83. The molecular weight excluding hydrogens is 378 g/mol. The minimum absolute atomic E-state index is 0.0949. The summed E-state index contributed by atoms with van der Waals surface area (Å²) in [7, 11) is 1.28. The normalized spacial score (nSPS) is 16.7. The highest BCUT2D eigenvalue weighted by Gasteiger charge is 2.35. The molecule has 0 unspecified atom stereocenters. The number of esters is 2. The highest BCUT2D eigenvalue weighted by molar-refractivity contribution is 5.93. The van der Waals surface area contributed by atoms with Crippen molar-refractivity contribution >= 4 is 17.8 Å². The molecule has 0 fully saturated rings. The summed E-state index contributed by atoms with van der Waals surface area (Å²) in [6, 6.07) is 11.5. The first-order chi connectivity index (χ1) is 14.1. The molecule has 2 heterocycles. The van der Waals surface area contributed by atoms with E-state index in [9.17, 15) is 14.4 Å². The number of benzene rings is 2. The van der Waals surface area contributed by atoms with Gasteiger partial charge in [-0.1, -0.05) is 24.3 Å². The molecule has 0 bridgehead atoms. The highest BCUT2D eigenvalue weighted by Crippen LogP contribution is 2.32. The van der Waals surface area contributed by atoms with Gasteiger partial charge < -0.3 is 23.8 Å². The van der Waals surface area contributed by atoms with Gasteiger partial charge in [0.1, 0.15) is 6.04 Å². The topological polar surface area (TPSA) is 91.4 Å². The lowest BCUT2D eigenvalue weighted by atomic mass is 9.94. The number of hydrogen-bond donors (Lipinski definition) is 0. The predicted octanol–water partition coefficient (Wildman–Crippen LogP) is 1.70. The first-order valence-corrected chi connectivity index (χ1v) is 9.07. The fourth-order valence-corrected chi connectivity index (χ4v) is 3.45. The lowest BCUT2D eigenvalue weighted by Crippen LogP contribution is -2.50. The Hall–Kier alpha value is -3.55. The van der Waals surface area contributed by atoms with E-state index in [1.165, 1.54) is 24.1 Å². The average molecular weight is 397 g/mol. The summed E-state index contributed by atoms with van der Waals surface area (Å²) < 4.78 is 20.5. The van der Waals surface area contributed by atoms with Gasteiger partial charge in [0.2, 0.25) is 6.79 Å². The molecule has 0 spiro atoms. The number of hydrogen-bond acceptors (Lipinski definition) is 7. The predicted molar refractivity (Wildman–Crippen MR) is 99.3 cm³/mol. The summed E-state index contributed by atoms with van der Waals surface area (Å²) in [6.07, 6.45) is 0.352. The number of carbonyl (C=O) groups is 3. The van der Waals surface area contributed by atoms with Crippen LogP contribution in [0.5, 0.6) is 11.5 Å². The van der Waals surface area contributed by atoms with Gasteiger partial charge in [-0.2, -0.15) is 0 Å². The summed E-state index contributed by atoms with van der Waals surface area (Å²) in [6.45, 7) is -0.142. The monoisotopic (exact) mass is 397 g/mol. The first-order valence-electron chi connectivity index (χ1n) is 9.07. The molecule has 0 radical (unpaired) electrons. The molecule has 2 aromatic carbocycles. The molecule has 8 heteroatoms. The van der Waals surface area contributed by atoms with Crippen molar-refractivity contribution in [1.29, 1.82) is 0 Å². The molecule has 0 aliphatic carbocycles. The largest absolute Gasteiger partial charge is 0.467 e. The van der Waals surface area contributed by atoms with Crippen LogP contribution in [0.1, 0.15) is 21.5 Å². The fraction of sp³-hybridized carbons (Fsp3) is 0.286. The number of rotatable bonds is 4. The lowest BCUT2D eigenvalue weighted by Gasteiger charge is -2.35. The molecule has 1 atom stereocenters. The van der Waals surface area contributed by atoms with Gasteiger partial charge in [-0.05, 0) is 29.3 Å². The van der Waals surface area contributed by atoms with E-state index >= 15 is 0 Å². The van der Waals surface area contributed by atoms with Gasteiger partial charge in [0.05, 0.1) is 12.7 Å². The Morgan fingerprint density at radius 2 is 1.83 bits per heavy atom. The molecule has 0 aromatic heterocycles. The van der Waals surface area contributed by atoms with E-state index in [-0.39, 0.29) is 18.9 Å². The molecule has 4 rings (SSSR count). The summed E-state index contributed by atoms with van der Waals surface area (Å²) in [5.74, 6) is -0.641. The van der Waals surface area contributed by atoms with E-state index < -0.39 is 30.5 Å². The number of nitrogens with zero attached hydrogens (tertiary/aromatic N) is 1. The van der Waals surface area contributed by atoms with Crippen LogP contribution in [-0.2, 0) is 32.0 Å². The zero-order valence-electron chi connectivity index (χ0n) is 15.8. The van der Waals surface area contributed by atoms with Gasteiger partial charge >= 0.3 is 11.9 Å². The molecule has 0 saturated heterocycles. The third-order valence-corrected chi connectivity index (χ3v) is 4.98. The van der Waals surface area contributed by atoms with Crippen LogP contribution in [0.15, 0.2) is 42.5 Å². The fourth-order valence-electron chi connectivity index (χ4n) is 3.45. The van der Waals surface area contributed by atoms with Crippen LogP contribution in [-0.4, -0.2) is 49.3 Å². The highest BCUT2D eigenvalue weighted by atomic mass is 16.7. The van der Waals surface area contributed by atoms with Gasteiger partial charge in [-0.15, -0.1) is 0 Å². The van der Waals surface area contributed by atoms with Crippen LogP contribution < -0.4 is 9.47 Å². The molecule has 29 heavy (non-hydrogen) atoms. The molecule has 0 N–H and O–H groups in total. The Kier molecular flexibility index (Phi) is 5.07. The summed E-state index contributed by atoms with van der Waals surface area (Å²) in [5, 5.41) is 0. The van der Waals surface area contributed by atoms with Crippen molar-refractivity contribution < 1.29 is 33.3 Å². The van der Waals surface area contributed by atoms with E-state index in [1.54, 1.807) is 6.07 Å². The second-order valence-electron chi connectivity index (χ2n) is 6.68. The third-order valence-electron chi connectivity index (χ3n) is 4.98. The second-order valence-corrected chi connectivity index (χ2v) is 6.68. The van der Waals surface area contributed by atoms with E-state index in [1.807, 2.05) is 24.3 Å². The van der Waals surface area contributed by atoms with Gasteiger partial charge in [0.15, 0.2) is 18.1 Å². The number of ether oxygens (including phenoxy) is 4. The van der Waals surface area contributed by atoms with Gasteiger partial charge in [-0.25, -0.2) is 9.59 Å². The van der Waals surface area contributed by atoms with Crippen LogP contribution >= 0.6 is 0 Å². The van der Waals surface area contributed by atoms with Crippen molar-refractivity contribution in [3.63, 3.8) is 0 Å². The SMILES string of the molecule is COC(=O)[C@@H]1Cc2ccccc2CN1C(=O)COC(=O)c1ccc2c(c1)OCO2. The first kappa shape index (κ1) is 18.8. The maximum atomic E-state index is 12.8. The molecule has 0 saturated carbocycles. The zero-order valence-corrected chi connectivity index (χ0v) is 15.8. The third kappa shape index (κ3) is 3.73. The number of fused-ring (bicyclic) bond motifs is 2. The molecule has 2 aliphatic heterocycles. The molecule has 2 aliphatic rings. The summed E-state index contributed by atoms with van der Waals surface area (Å²) >= 11 is 0. The molecule has 1 amide bonds. The molecular formula is C21H19NO7. The average Bonchev–Trinajstić information content (AvgIpc) is 3.23.